The van der Waals surface area contributed by atoms with Crippen LogP contribution in [0.3, 0.4) is 0 Å². The van der Waals surface area contributed by atoms with Crippen molar-refractivity contribution in [2.75, 3.05) is 19.6 Å². The van der Waals surface area contributed by atoms with Gasteiger partial charge in [0.15, 0.2) is 0 Å². The van der Waals surface area contributed by atoms with Crippen LogP contribution in [-0.2, 0) is 4.79 Å². The average Bonchev–Trinajstić information content (AvgIpc) is 2.64. The Morgan fingerprint density at radius 2 is 2.00 bits per heavy atom. The van der Waals surface area contributed by atoms with Crippen molar-refractivity contribution in [3.8, 4) is 0 Å². The van der Waals surface area contributed by atoms with Crippen LogP contribution in [0.1, 0.15) is 52.4 Å². The molecule has 0 aromatic carbocycles. The molecule has 1 unspecified atom stereocenters. The Morgan fingerprint density at radius 3 is 2.65 bits per heavy atom. The standard InChI is InChI=1S/C8H17N.C6H11NO/c1-7(2)6-8-4-3-5-9-8;8-6-2-1-4-7-5-3-6/h7-9H,3-6H2,1-2H3;7H,1-5H2. The third-order valence-corrected chi connectivity index (χ3v) is 3.31. The number of hydrogen-bond donors (Lipinski definition) is 2. The van der Waals surface area contributed by atoms with Crippen LogP contribution in [0.2, 0.25) is 0 Å². The first-order valence-electron chi connectivity index (χ1n) is 7.14. The monoisotopic (exact) mass is 240 g/mol. The first kappa shape index (κ1) is 14.7. The minimum atomic E-state index is 0.412. The zero-order valence-corrected chi connectivity index (χ0v) is 11.4. The number of carbonyl (C=O) groups excluding carboxylic acids is 1. The van der Waals surface area contributed by atoms with Gasteiger partial charge < -0.3 is 10.6 Å². The SMILES string of the molecule is CC(C)CC1CCCN1.O=C1CCCNCC1. The molecule has 0 amide bonds. The van der Waals surface area contributed by atoms with Crippen molar-refractivity contribution in [3.05, 3.63) is 0 Å². The second-order valence-corrected chi connectivity index (χ2v) is 5.57. The second-order valence-electron chi connectivity index (χ2n) is 5.57. The Labute approximate surface area is 106 Å². The first-order valence-corrected chi connectivity index (χ1v) is 7.14. The molecule has 2 aliphatic rings. The van der Waals surface area contributed by atoms with E-state index < -0.39 is 0 Å². The van der Waals surface area contributed by atoms with Gasteiger partial charge >= 0.3 is 0 Å². The zero-order valence-electron chi connectivity index (χ0n) is 11.4. The molecule has 2 heterocycles. The maximum atomic E-state index is 10.6. The number of nitrogens with one attached hydrogen (secondary N) is 2. The molecule has 2 saturated heterocycles. The molecule has 3 heteroatoms. The lowest BCUT2D eigenvalue weighted by atomic mass is 10.0. The van der Waals surface area contributed by atoms with Gasteiger partial charge in [0.2, 0.25) is 0 Å². The van der Waals surface area contributed by atoms with Gasteiger partial charge in [-0.25, -0.2) is 0 Å². The molecule has 2 rings (SSSR count). The molecule has 2 fully saturated rings. The summed E-state index contributed by atoms with van der Waals surface area (Å²) >= 11 is 0. The van der Waals surface area contributed by atoms with E-state index in [9.17, 15) is 4.79 Å². The van der Waals surface area contributed by atoms with Gasteiger partial charge in [0.25, 0.3) is 0 Å². The average molecular weight is 240 g/mol. The molecule has 100 valence electrons. The molecule has 0 spiro atoms. The highest BCUT2D eigenvalue weighted by atomic mass is 16.1. The number of rotatable bonds is 2. The number of hydrogen-bond acceptors (Lipinski definition) is 3. The van der Waals surface area contributed by atoms with Crippen LogP contribution in [0.15, 0.2) is 0 Å². The summed E-state index contributed by atoms with van der Waals surface area (Å²) in [5.41, 5.74) is 0. The van der Waals surface area contributed by atoms with E-state index in [0.29, 0.717) is 5.78 Å². The lowest BCUT2D eigenvalue weighted by Gasteiger charge is -2.11. The normalized spacial score (nSPS) is 25.4. The van der Waals surface area contributed by atoms with Gasteiger partial charge in [-0.05, 0) is 44.7 Å². The molecule has 2 aliphatic heterocycles. The minimum Gasteiger partial charge on any atom is -0.316 e. The molecular formula is C14H28N2O. The smallest absolute Gasteiger partial charge is 0.134 e. The Balaban J connectivity index is 0.000000171. The van der Waals surface area contributed by atoms with E-state index in [4.69, 9.17) is 0 Å². The molecule has 0 aliphatic carbocycles. The van der Waals surface area contributed by atoms with Crippen LogP contribution >= 0.6 is 0 Å². The molecule has 0 aromatic rings. The molecule has 2 N–H and O–H groups in total. The summed E-state index contributed by atoms with van der Waals surface area (Å²) in [6.07, 6.45) is 6.70. The van der Waals surface area contributed by atoms with Crippen LogP contribution in [-0.4, -0.2) is 31.5 Å². The van der Waals surface area contributed by atoms with Gasteiger partial charge in [-0.1, -0.05) is 13.8 Å². The highest BCUT2D eigenvalue weighted by Crippen LogP contribution is 2.13. The zero-order chi connectivity index (χ0) is 12.5. The van der Waals surface area contributed by atoms with E-state index in [1.54, 1.807) is 0 Å². The maximum Gasteiger partial charge on any atom is 0.134 e. The summed E-state index contributed by atoms with van der Waals surface area (Å²) in [4.78, 5) is 10.6. The molecule has 3 nitrogen and oxygen atoms in total. The predicted octanol–water partition coefficient (Wildman–Crippen LogP) is 2.11. The van der Waals surface area contributed by atoms with Gasteiger partial charge in [-0.15, -0.1) is 0 Å². The van der Waals surface area contributed by atoms with Crippen molar-refractivity contribution in [2.45, 2.75) is 58.4 Å². The van der Waals surface area contributed by atoms with Gasteiger partial charge in [0, 0.05) is 25.4 Å². The van der Waals surface area contributed by atoms with Gasteiger partial charge in [0.1, 0.15) is 5.78 Å². The number of Topliss-reactive ketones (excluding diaryl/α,β-unsaturated/α-hetero) is 1. The topological polar surface area (TPSA) is 41.1 Å². The fourth-order valence-corrected chi connectivity index (χ4v) is 2.42. The third kappa shape index (κ3) is 7.50. The predicted molar refractivity (Wildman–Crippen MR) is 72.2 cm³/mol. The molecule has 0 saturated carbocycles. The van der Waals surface area contributed by atoms with Crippen LogP contribution < -0.4 is 10.6 Å². The maximum absolute atomic E-state index is 10.6. The first-order chi connectivity index (χ1) is 8.18. The largest absolute Gasteiger partial charge is 0.316 e. The fourth-order valence-electron chi connectivity index (χ4n) is 2.42. The number of carbonyl (C=O) groups is 1. The highest BCUT2D eigenvalue weighted by molar-refractivity contribution is 5.78. The Kier molecular flexibility index (Phi) is 7.45. The summed E-state index contributed by atoms with van der Waals surface area (Å²) < 4.78 is 0. The van der Waals surface area contributed by atoms with Crippen molar-refractivity contribution < 1.29 is 4.79 Å². The molecule has 0 aromatic heterocycles. The van der Waals surface area contributed by atoms with E-state index in [1.807, 2.05) is 0 Å². The number of ketones is 1. The van der Waals surface area contributed by atoms with Crippen molar-refractivity contribution in [1.29, 1.82) is 0 Å². The van der Waals surface area contributed by atoms with Crippen LogP contribution in [0.5, 0.6) is 0 Å². The van der Waals surface area contributed by atoms with E-state index in [0.717, 1.165) is 44.3 Å². The molecule has 0 bridgehead atoms. The highest BCUT2D eigenvalue weighted by Gasteiger charge is 2.14. The van der Waals surface area contributed by atoms with E-state index in [-0.39, 0.29) is 0 Å². The van der Waals surface area contributed by atoms with E-state index >= 15 is 0 Å². The second kappa shape index (κ2) is 8.65. The minimum absolute atomic E-state index is 0.412. The summed E-state index contributed by atoms with van der Waals surface area (Å²) in [5, 5.41) is 6.64. The van der Waals surface area contributed by atoms with E-state index in [1.165, 1.54) is 25.8 Å². The van der Waals surface area contributed by atoms with Crippen LogP contribution in [0.4, 0.5) is 0 Å². The van der Waals surface area contributed by atoms with Crippen LogP contribution in [0.25, 0.3) is 0 Å². The lowest BCUT2D eigenvalue weighted by molar-refractivity contribution is -0.118. The summed E-state index contributed by atoms with van der Waals surface area (Å²) in [7, 11) is 0. The fraction of sp³-hybridized carbons (Fsp3) is 0.929. The molecule has 0 radical (unpaired) electrons. The molecule has 1 atom stereocenters. The van der Waals surface area contributed by atoms with Gasteiger partial charge in [-0.2, -0.15) is 0 Å². The Morgan fingerprint density at radius 1 is 1.18 bits per heavy atom. The van der Waals surface area contributed by atoms with Crippen molar-refractivity contribution in [2.24, 2.45) is 5.92 Å². The van der Waals surface area contributed by atoms with Gasteiger partial charge in [-0.3, -0.25) is 4.79 Å². The van der Waals surface area contributed by atoms with Crippen molar-refractivity contribution in [3.63, 3.8) is 0 Å². The quantitative estimate of drug-likeness (QED) is 0.777. The van der Waals surface area contributed by atoms with Gasteiger partial charge in [0.05, 0.1) is 0 Å². The lowest BCUT2D eigenvalue weighted by Crippen LogP contribution is -2.22. The summed E-state index contributed by atoms with van der Waals surface area (Å²) in [6.45, 7) is 7.74. The molecule has 17 heavy (non-hydrogen) atoms. The van der Waals surface area contributed by atoms with Crippen molar-refractivity contribution in [1.82, 2.24) is 10.6 Å². The summed E-state index contributed by atoms with van der Waals surface area (Å²) in [6, 6.07) is 0.838. The van der Waals surface area contributed by atoms with E-state index in [2.05, 4.69) is 24.5 Å². The Hall–Kier alpha value is -0.410. The summed E-state index contributed by atoms with van der Waals surface area (Å²) in [5.74, 6) is 1.27. The third-order valence-electron chi connectivity index (χ3n) is 3.31. The molecular weight excluding hydrogens is 212 g/mol. The van der Waals surface area contributed by atoms with Crippen molar-refractivity contribution >= 4 is 5.78 Å². The van der Waals surface area contributed by atoms with Crippen LogP contribution in [0, 0.1) is 5.92 Å². The Bertz CT molecular complexity index is 200.